The summed E-state index contributed by atoms with van der Waals surface area (Å²) in [6, 6.07) is 0. The van der Waals surface area contributed by atoms with Crippen LogP contribution in [0.15, 0.2) is 0 Å². The number of carboxylic acids is 1. The predicted molar refractivity (Wildman–Crippen MR) is 108 cm³/mol. The molecular formula is C24H38O4. The monoisotopic (exact) mass is 390 g/mol. The van der Waals surface area contributed by atoms with Crippen molar-refractivity contribution in [2.24, 2.45) is 46.3 Å². The smallest absolute Gasteiger partial charge is 0.303 e. The molecule has 4 saturated carbocycles. The van der Waals surface area contributed by atoms with Crippen LogP contribution in [0.2, 0.25) is 0 Å². The Hall–Kier alpha value is -0.900. The number of aliphatic hydroxyl groups excluding tert-OH is 1. The van der Waals surface area contributed by atoms with Crippen molar-refractivity contribution in [3.63, 3.8) is 0 Å². The highest BCUT2D eigenvalue weighted by atomic mass is 16.4. The van der Waals surface area contributed by atoms with Gasteiger partial charge in [-0.3, -0.25) is 9.59 Å². The van der Waals surface area contributed by atoms with Crippen LogP contribution in [-0.4, -0.2) is 28.1 Å². The summed E-state index contributed by atoms with van der Waals surface area (Å²) in [6.07, 6.45) is 8.81. The number of aliphatic carboxylic acids is 1. The molecule has 0 radical (unpaired) electrons. The van der Waals surface area contributed by atoms with Gasteiger partial charge in [-0.1, -0.05) is 20.8 Å². The number of carboxylic acid groups (broad SMARTS) is 1. The number of carbonyl (C=O) groups excluding carboxylic acids is 1. The molecule has 4 nitrogen and oxygen atoms in total. The van der Waals surface area contributed by atoms with Crippen LogP contribution >= 0.6 is 0 Å². The second kappa shape index (κ2) is 7.11. The Bertz CT molecular complexity index is 645. The summed E-state index contributed by atoms with van der Waals surface area (Å²) in [5.74, 6) is 2.25. The lowest BCUT2D eigenvalue weighted by atomic mass is 9.44. The summed E-state index contributed by atoms with van der Waals surface area (Å²) in [6.45, 7) is 7.06. The molecular weight excluding hydrogens is 352 g/mol. The summed E-state index contributed by atoms with van der Waals surface area (Å²) in [7, 11) is 0. The van der Waals surface area contributed by atoms with Crippen molar-refractivity contribution in [3.05, 3.63) is 0 Å². The van der Waals surface area contributed by atoms with Gasteiger partial charge in [-0.25, -0.2) is 0 Å². The third kappa shape index (κ3) is 3.05. The highest BCUT2D eigenvalue weighted by Crippen LogP contribution is 2.67. The molecule has 4 heteroatoms. The molecule has 28 heavy (non-hydrogen) atoms. The molecule has 4 aliphatic carbocycles. The van der Waals surface area contributed by atoms with Crippen molar-refractivity contribution in [3.8, 4) is 0 Å². The Morgan fingerprint density at radius 1 is 1.11 bits per heavy atom. The van der Waals surface area contributed by atoms with Gasteiger partial charge in [0.05, 0.1) is 6.10 Å². The number of hydrogen-bond acceptors (Lipinski definition) is 3. The van der Waals surface area contributed by atoms with Gasteiger partial charge in [0.1, 0.15) is 5.78 Å². The Kier molecular flexibility index (Phi) is 5.17. The van der Waals surface area contributed by atoms with Crippen molar-refractivity contribution in [1.29, 1.82) is 0 Å². The van der Waals surface area contributed by atoms with E-state index >= 15 is 0 Å². The Morgan fingerprint density at radius 3 is 2.50 bits per heavy atom. The lowest BCUT2D eigenvalue weighted by Gasteiger charge is -2.60. The molecule has 158 valence electrons. The number of ketones is 1. The van der Waals surface area contributed by atoms with E-state index in [9.17, 15) is 14.7 Å². The maximum absolute atomic E-state index is 13.3. The average Bonchev–Trinajstić information content (AvgIpc) is 2.98. The fourth-order valence-corrected chi connectivity index (χ4v) is 8.44. The molecule has 2 N–H and O–H groups in total. The van der Waals surface area contributed by atoms with Gasteiger partial charge >= 0.3 is 5.97 Å². The number of rotatable bonds is 4. The number of aliphatic hydroxyl groups is 1. The number of carbonyl (C=O) groups is 2. The average molecular weight is 391 g/mol. The molecule has 9 atom stereocenters. The van der Waals surface area contributed by atoms with Gasteiger partial charge in [-0.05, 0) is 91.8 Å². The zero-order valence-corrected chi connectivity index (χ0v) is 17.8. The van der Waals surface area contributed by atoms with Crippen LogP contribution in [0.3, 0.4) is 0 Å². The minimum Gasteiger partial charge on any atom is -0.481 e. The maximum Gasteiger partial charge on any atom is 0.303 e. The molecule has 0 aromatic heterocycles. The highest BCUT2D eigenvalue weighted by molar-refractivity contribution is 5.83. The van der Waals surface area contributed by atoms with Gasteiger partial charge in [0.25, 0.3) is 0 Å². The molecule has 0 amide bonds. The number of Topliss-reactive ketones (excluding diaryl/α,β-unsaturated/α-hetero) is 1. The van der Waals surface area contributed by atoms with Gasteiger partial charge in [-0.2, -0.15) is 0 Å². The van der Waals surface area contributed by atoms with E-state index < -0.39 is 5.97 Å². The Morgan fingerprint density at radius 2 is 1.79 bits per heavy atom. The normalized spacial score (nSPS) is 49.1. The van der Waals surface area contributed by atoms with Crippen LogP contribution in [0.5, 0.6) is 0 Å². The minimum absolute atomic E-state index is 0.187. The van der Waals surface area contributed by atoms with Gasteiger partial charge in [-0.15, -0.1) is 0 Å². The standard InChI is InChI=1S/C24H38O4/c1-14(4-7-21(27)28)17-5-6-18-22-19(9-11-24(17,18)3)23(2)10-8-16(25)12-15(23)13-20(22)26/h14-19,22,25H,4-13H2,1-3H3,(H,27,28)/t14-,15-,16+,17?,18-,19-,22-,23-,24+/m0/s1. The zero-order valence-electron chi connectivity index (χ0n) is 17.8. The summed E-state index contributed by atoms with van der Waals surface area (Å²) in [5, 5.41) is 19.3. The highest BCUT2D eigenvalue weighted by Gasteiger charge is 2.62. The molecule has 0 heterocycles. The third-order valence-electron chi connectivity index (χ3n) is 10.0. The van der Waals surface area contributed by atoms with Crippen LogP contribution in [0.25, 0.3) is 0 Å². The van der Waals surface area contributed by atoms with Crippen molar-refractivity contribution < 1.29 is 19.8 Å². The van der Waals surface area contributed by atoms with Gasteiger partial charge in [0.2, 0.25) is 0 Å². The van der Waals surface area contributed by atoms with Crippen molar-refractivity contribution >= 4 is 11.8 Å². The molecule has 0 aromatic carbocycles. The summed E-state index contributed by atoms with van der Waals surface area (Å²) in [5.41, 5.74) is 0.401. The third-order valence-corrected chi connectivity index (χ3v) is 10.0. The molecule has 0 saturated heterocycles. The molecule has 4 fully saturated rings. The largest absolute Gasteiger partial charge is 0.481 e. The first kappa shape index (κ1) is 20.4. The van der Waals surface area contributed by atoms with Crippen molar-refractivity contribution in [2.75, 3.05) is 0 Å². The molecule has 4 rings (SSSR count). The first-order chi connectivity index (χ1) is 13.2. The fourth-order valence-electron chi connectivity index (χ4n) is 8.44. The second-order valence-corrected chi connectivity index (χ2v) is 11.2. The summed E-state index contributed by atoms with van der Waals surface area (Å²) in [4.78, 5) is 24.4. The minimum atomic E-state index is -0.698. The van der Waals surface area contributed by atoms with Crippen LogP contribution < -0.4 is 0 Å². The van der Waals surface area contributed by atoms with E-state index in [-0.39, 0.29) is 29.3 Å². The molecule has 4 aliphatic rings. The summed E-state index contributed by atoms with van der Waals surface area (Å²) < 4.78 is 0. The van der Waals surface area contributed by atoms with Crippen molar-refractivity contribution in [1.82, 2.24) is 0 Å². The van der Waals surface area contributed by atoms with Crippen LogP contribution in [0.1, 0.15) is 85.0 Å². The lowest BCUT2D eigenvalue weighted by molar-refractivity contribution is -0.160. The molecule has 0 spiro atoms. The van der Waals surface area contributed by atoms with E-state index in [0.29, 0.717) is 41.8 Å². The van der Waals surface area contributed by atoms with E-state index in [1.54, 1.807) is 0 Å². The summed E-state index contributed by atoms with van der Waals surface area (Å²) >= 11 is 0. The lowest BCUT2D eigenvalue weighted by Crippen LogP contribution is -2.57. The number of hydrogen-bond donors (Lipinski definition) is 2. The van der Waals surface area contributed by atoms with E-state index in [1.807, 2.05) is 0 Å². The number of fused-ring (bicyclic) bond motifs is 5. The van der Waals surface area contributed by atoms with Crippen LogP contribution in [0.4, 0.5) is 0 Å². The SMILES string of the molecule is C[C@@H](CCC(=O)O)C1CC[C@H]2[C@@H]3C(=O)C[C@@H]4C[C@H](O)CC[C@]4(C)[C@H]3CC[C@]12C. The fraction of sp³-hybridized carbons (Fsp3) is 0.917. The zero-order chi connectivity index (χ0) is 20.3. The Labute approximate surface area is 169 Å². The van der Waals surface area contributed by atoms with Gasteiger partial charge < -0.3 is 10.2 Å². The van der Waals surface area contributed by atoms with E-state index in [0.717, 1.165) is 44.9 Å². The molecule has 0 aromatic rings. The van der Waals surface area contributed by atoms with Crippen molar-refractivity contribution in [2.45, 2.75) is 91.1 Å². The molecule has 0 bridgehead atoms. The first-order valence-corrected chi connectivity index (χ1v) is 11.6. The molecule has 1 unspecified atom stereocenters. The Balaban J connectivity index is 1.56. The van der Waals surface area contributed by atoms with E-state index in [4.69, 9.17) is 5.11 Å². The van der Waals surface area contributed by atoms with Crippen LogP contribution in [-0.2, 0) is 9.59 Å². The first-order valence-electron chi connectivity index (χ1n) is 11.6. The molecule has 0 aliphatic heterocycles. The maximum atomic E-state index is 13.3. The quantitative estimate of drug-likeness (QED) is 0.730. The van der Waals surface area contributed by atoms with Crippen LogP contribution in [0, 0.1) is 46.3 Å². The topological polar surface area (TPSA) is 74.6 Å². The van der Waals surface area contributed by atoms with Gasteiger partial charge in [0.15, 0.2) is 0 Å². The van der Waals surface area contributed by atoms with Gasteiger partial charge in [0, 0.05) is 18.8 Å². The predicted octanol–water partition coefficient (Wildman–Crippen LogP) is 4.69. The van der Waals surface area contributed by atoms with E-state index in [1.165, 1.54) is 6.42 Å². The second-order valence-electron chi connectivity index (χ2n) is 11.2. The van der Waals surface area contributed by atoms with E-state index in [2.05, 4.69) is 20.8 Å².